The molecule has 1 atom stereocenters. The fraction of sp³-hybridized carbons (Fsp3) is 0.667. The maximum absolute atomic E-state index is 11.6. The summed E-state index contributed by atoms with van der Waals surface area (Å²) in [4.78, 5) is 13.4. The highest BCUT2D eigenvalue weighted by atomic mass is 35.5. The fourth-order valence-electron chi connectivity index (χ4n) is 1.75. The van der Waals surface area contributed by atoms with Crippen molar-refractivity contribution >= 4 is 29.0 Å². The molecule has 1 amide bonds. The minimum absolute atomic E-state index is 0.200. The second-order valence-corrected chi connectivity index (χ2v) is 5.10. The molecule has 0 bridgehead atoms. The number of carbonyl (C=O) groups excluding carboxylic acids is 1. The van der Waals surface area contributed by atoms with Crippen LogP contribution >= 0.6 is 23.1 Å². The molecule has 1 aromatic heterocycles. The van der Waals surface area contributed by atoms with Crippen LogP contribution in [-0.4, -0.2) is 26.9 Å². The molecule has 0 aromatic carbocycles. The number of amides is 1. The molecule has 2 rings (SSSR count). The summed E-state index contributed by atoms with van der Waals surface area (Å²) in [6, 6.07) is 0. The van der Waals surface area contributed by atoms with Gasteiger partial charge in [-0.3, -0.25) is 4.79 Å². The molecule has 0 aliphatic carbocycles. The average molecular weight is 246 g/mol. The van der Waals surface area contributed by atoms with Crippen molar-refractivity contribution in [3.8, 4) is 0 Å². The van der Waals surface area contributed by atoms with E-state index >= 15 is 0 Å². The smallest absolute Gasteiger partial charge is 0.223 e. The number of carbonyl (C=O) groups is 1. The third-order valence-corrected chi connectivity index (χ3v) is 3.71. The highest BCUT2D eigenvalue weighted by Gasteiger charge is 2.29. The Bertz CT molecular complexity index is 368. The average Bonchev–Trinajstić information content (AvgIpc) is 2.76. The van der Waals surface area contributed by atoms with Crippen molar-refractivity contribution in [1.29, 1.82) is 0 Å². The Morgan fingerprint density at radius 1 is 1.67 bits per heavy atom. The number of halogens is 1. The number of aromatic nitrogens is 2. The van der Waals surface area contributed by atoms with E-state index in [-0.39, 0.29) is 5.91 Å². The van der Waals surface area contributed by atoms with E-state index in [1.165, 1.54) is 0 Å². The van der Waals surface area contributed by atoms with Gasteiger partial charge < -0.3 is 4.90 Å². The molecule has 1 aliphatic heterocycles. The molecule has 0 radical (unpaired) electrons. The molecular weight excluding hydrogens is 234 g/mol. The first-order valence-corrected chi connectivity index (χ1v) is 6.10. The van der Waals surface area contributed by atoms with Gasteiger partial charge in [0.2, 0.25) is 5.91 Å². The molecule has 6 heteroatoms. The maximum Gasteiger partial charge on any atom is 0.223 e. The first kappa shape index (κ1) is 10.8. The van der Waals surface area contributed by atoms with Gasteiger partial charge in [-0.2, -0.15) is 0 Å². The Kier molecular flexibility index (Phi) is 3.21. The molecule has 1 aromatic rings. The topological polar surface area (TPSA) is 46.1 Å². The third-order valence-electron chi connectivity index (χ3n) is 2.72. The van der Waals surface area contributed by atoms with Crippen LogP contribution in [0.4, 0.5) is 0 Å². The zero-order valence-electron chi connectivity index (χ0n) is 8.44. The number of likely N-dealkylation sites (tertiary alicyclic amines) is 1. The van der Waals surface area contributed by atoms with Gasteiger partial charge in [0.05, 0.1) is 6.54 Å². The number of rotatable bonds is 3. The number of hydrogen-bond acceptors (Lipinski definition) is 4. The van der Waals surface area contributed by atoms with E-state index in [2.05, 4.69) is 16.5 Å². The largest absolute Gasteiger partial charge is 0.336 e. The molecule has 0 N–H and O–H groups in total. The second kappa shape index (κ2) is 4.45. The Morgan fingerprint density at radius 2 is 2.47 bits per heavy atom. The van der Waals surface area contributed by atoms with E-state index in [1.54, 1.807) is 0 Å². The standard InChI is InChI=1S/C9H12ClN3OS/c1-2-6-3-8(14)13(4-6)5-7-9(10)15-12-11-7/h6H,2-5H2,1H3. The van der Waals surface area contributed by atoms with Gasteiger partial charge in [0.15, 0.2) is 0 Å². The van der Waals surface area contributed by atoms with Crippen molar-refractivity contribution in [3.05, 3.63) is 10.0 Å². The lowest BCUT2D eigenvalue weighted by Crippen LogP contribution is -2.24. The minimum atomic E-state index is 0.200. The summed E-state index contributed by atoms with van der Waals surface area (Å²) < 4.78 is 4.34. The Hall–Kier alpha value is -0.680. The molecule has 0 saturated carbocycles. The second-order valence-electron chi connectivity index (χ2n) is 3.75. The Balaban J connectivity index is 2.01. The van der Waals surface area contributed by atoms with Gasteiger partial charge in [-0.1, -0.05) is 29.4 Å². The molecular formula is C9H12ClN3OS. The summed E-state index contributed by atoms with van der Waals surface area (Å²) in [7, 11) is 0. The molecule has 82 valence electrons. The van der Waals surface area contributed by atoms with Crippen LogP contribution in [-0.2, 0) is 11.3 Å². The summed E-state index contributed by atoms with van der Waals surface area (Å²) in [5, 5.41) is 3.91. The van der Waals surface area contributed by atoms with Crippen LogP contribution in [0.2, 0.25) is 4.34 Å². The van der Waals surface area contributed by atoms with Gasteiger partial charge in [-0.25, -0.2) is 0 Å². The van der Waals surface area contributed by atoms with Crippen molar-refractivity contribution in [2.75, 3.05) is 6.54 Å². The molecule has 1 unspecified atom stereocenters. The van der Waals surface area contributed by atoms with Crippen LogP contribution in [0.25, 0.3) is 0 Å². The third kappa shape index (κ3) is 2.29. The molecule has 1 aliphatic rings. The van der Waals surface area contributed by atoms with E-state index in [0.29, 0.717) is 28.9 Å². The number of hydrogen-bond donors (Lipinski definition) is 0. The molecule has 15 heavy (non-hydrogen) atoms. The summed E-state index contributed by atoms with van der Waals surface area (Å²) >= 11 is 7.05. The highest BCUT2D eigenvalue weighted by Crippen LogP contribution is 2.25. The first-order valence-electron chi connectivity index (χ1n) is 4.95. The summed E-state index contributed by atoms with van der Waals surface area (Å²) in [5.41, 5.74) is 0.715. The van der Waals surface area contributed by atoms with E-state index in [0.717, 1.165) is 24.5 Å². The van der Waals surface area contributed by atoms with Gasteiger partial charge in [-0.05, 0) is 5.92 Å². The van der Waals surface area contributed by atoms with Crippen molar-refractivity contribution < 1.29 is 4.79 Å². The zero-order chi connectivity index (χ0) is 10.8. The van der Waals surface area contributed by atoms with Crippen LogP contribution in [0.3, 0.4) is 0 Å². The van der Waals surface area contributed by atoms with E-state index in [4.69, 9.17) is 11.6 Å². The normalized spacial score (nSPS) is 21.3. The monoisotopic (exact) mass is 245 g/mol. The lowest BCUT2D eigenvalue weighted by molar-refractivity contribution is -0.128. The van der Waals surface area contributed by atoms with Crippen molar-refractivity contribution in [3.63, 3.8) is 0 Å². The molecule has 0 spiro atoms. The van der Waals surface area contributed by atoms with Crippen molar-refractivity contribution in [1.82, 2.24) is 14.5 Å². The quantitative estimate of drug-likeness (QED) is 0.818. The first-order chi connectivity index (χ1) is 7.20. The molecule has 1 saturated heterocycles. The Morgan fingerprint density at radius 3 is 3.00 bits per heavy atom. The maximum atomic E-state index is 11.6. The number of nitrogens with zero attached hydrogens (tertiary/aromatic N) is 3. The van der Waals surface area contributed by atoms with Gasteiger partial charge in [0.1, 0.15) is 10.0 Å². The van der Waals surface area contributed by atoms with Gasteiger partial charge in [-0.15, -0.1) is 5.10 Å². The van der Waals surface area contributed by atoms with Crippen LogP contribution in [0, 0.1) is 5.92 Å². The molecule has 4 nitrogen and oxygen atoms in total. The van der Waals surface area contributed by atoms with Crippen LogP contribution in [0.15, 0.2) is 0 Å². The summed E-state index contributed by atoms with van der Waals surface area (Å²) in [5.74, 6) is 0.689. The lowest BCUT2D eigenvalue weighted by atomic mass is 10.1. The predicted molar refractivity (Wildman–Crippen MR) is 58.7 cm³/mol. The van der Waals surface area contributed by atoms with Crippen LogP contribution in [0.1, 0.15) is 25.5 Å². The van der Waals surface area contributed by atoms with Gasteiger partial charge in [0.25, 0.3) is 0 Å². The van der Waals surface area contributed by atoms with Crippen LogP contribution in [0.5, 0.6) is 0 Å². The van der Waals surface area contributed by atoms with Gasteiger partial charge >= 0.3 is 0 Å². The van der Waals surface area contributed by atoms with Gasteiger partial charge in [0, 0.05) is 24.5 Å². The predicted octanol–water partition coefficient (Wildman–Crippen LogP) is 1.95. The summed E-state index contributed by atoms with van der Waals surface area (Å²) in [6.07, 6.45) is 1.71. The Labute approximate surface area is 97.4 Å². The van der Waals surface area contributed by atoms with Crippen molar-refractivity contribution in [2.24, 2.45) is 5.92 Å². The lowest BCUT2D eigenvalue weighted by Gasteiger charge is -2.14. The van der Waals surface area contributed by atoms with E-state index in [9.17, 15) is 4.79 Å². The SMILES string of the molecule is CCC1CC(=O)N(Cc2nnsc2Cl)C1. The fourth-order valence-corrected chi connectivity index (χ4v) is 2.36. The highest BCUT2D eigenvalue weighted by molar-refractivity contribution is 7.10. The molecule has 1 fully saturated rings. The minimum Gasteiger partial charge on any atom is -0.336 e. The van der Waals surface area contributed by atoms with Crippen molar-refractivity contribution in [2.45, 2.75) is 26.3 Å². The van der Waals surface area contributed by atoms with E-state index < -0.39 is 0 Å². The zero-order valence-corrected chi connectivity index (χ0v) is 10.0. The molecule has 2 heterocycles. The van der Waals surface area contributed by atoms with Crippen LogP contribution < -0.4 is 0 Å². The van der Waals surface area contributed by atoms with E-state index in [1.807, 2.05) is 4.90 Å². The summed E-state index contributed by atoms with van der Waals surface area (Å²) in [6.45, 7) is 3.44.